The quantitative estimate of drug-likeness (QED) is 0.717. The second-order valence-electron chi connectivity index (χ2n) is 4.54. The topological polar surface area (TPSA) is 42.1 Å². The largest absolute Gasteiger partial charge is 0.497 e. The number of ether oxygens (including phenoxy) is 1. The number of H-pyrrole nitrogens is 1. The first kappa shape index (κ1) is 13.8. The lowest BCUT2D eigenvalue weighted by atomic mass is 10.0. The summed E-state index contributed by atoms with van der Waals surface area (Å²) in [7, 11) is 1.45. The monoisotopic (exact) mass is 347 g/mol. The van der Waals surface area contributed by atoms with Crippen LogP contribution in [0.5, 0.6) is 5.75 Å². The van der Waals surface area contributed by atoms with Crippen LogP contribution < -0.4 is 4.74 Å². The molecule has 0 radical (unpaired) electrons. The fourth-order valence-electron chi connectivity index (χ4n) is 2.27. The zero-order chi connectivity index (χ0) is 15.0. The second kappa shape index (κ2) is 5.33. The molecule has 0 saturated carbocycles. The van der Waals surface area contributed by atoms with Crippen LogP contribution in [0.2, 0.25) is 0 Å². The summed E-state index contributed by atoms with van der Waals surface area (Å²) in [4.78, 5) is 15.6. The van der Waals surface area contributed by atoms with Crippen LogP contribution in [-0.2, 0) is 0 Å². The summed E-state index contributed by atoms with van der Waals surface area (Å²) in [6.45, 7) is 0. The van der Waals surface area contributed by atoms with Gasteiger partial charge < -0.3 is 9.72 Å². The van der Waals surface area contributed by atoms with Gasteiger partial charge >= 0.3 is 0 Å². The average Bonchev–Trinajstić information content (AvgIpc) is 2.92. The van der Waals surface area contributed by atoms with E-state index in [-0.39, 0.29) is 11.3 Å². The summed E-state index contributed by atoms with van der Waals surface area (Å²) >= 11 is 3.42. The van der Waals surface area contributed by atoms with Crippen molar-refractivity contribution in [2.45, 2.75) is 0 Å². The Hall–Kier alpha value is -2.14. The van der Waals surface area contributed by atoms with Gasteiger partial charge in [-0.05, 0) is 24.3 Å². The number of rotatable bonds is 3. The fraction of sp³-hybridized carbons (Fsp3) is 0.0625. The second-order valence-corrected chi connectivity index (χ2v) is 5.39. The first-order valence-corrected chi connectivity index (χ1v) is 7.05. The third-order valence-electron chi connectivity index (χ3n) is 3.32. The van der Waals surface area contributed by atoms with Crippen LogP contribution in [0.1, 0.15) is 15.9 Å². The lowest BCUT2D eigenvalue weighted by molar-refractivity contribution is 0.103. The van der Waals surface area contributed by atoms with Crippen LogP contribution in [0, 0.1) is 5.82 Å². The molecule has 1 heterocycles. The number of methoxy groups -OCH3 is 1. The number of carbonyl (C=O) groups excluding carboxylic acids is 1. The van der Waals surface area contributed by atoms with Gasteiger partial charge in [-0.3, -0.25) is 4.79 Å². The lowest BCUT2D eigenvalue weighted by Crippen LogP contribution is -2.04. The first-order chi connectivity index (χ1) is 10.1. The minimum Gasteiger partial charge on any atom is -0.497 e. The predicted octanol–water partition coefficient (Wildman–Crippen LogP) is 4.31. The summed E-state index contributed by atoms with van der Waals surface area (Å²) in [5.41, 5.74) is 1.27. The number of ketones is 1. The maximum Gasteiger partial charge on any atom is 0.198 e. The van der Waals surface area contributed by atoms with E-state index in [1.807, 2.05) is 18.2 Å². The highest BCUT2D eigenvalue weighted by molar-refractivity contribution is 9.10. The first-order valence-electron chi connectivity index (χ1n) is 6.25. The van der Waals surface area contributed by atoms with Crippen molar-refractivity contribution in [2.75, 3.05) is 7.11 Å². The van der Waals surface area contributed by atoms with Crippen LogP contribution in [0.15, 0.2) is 47.1 Å². The molecule has 21 heavy (non-hydrogen) atoms. The summed E-state index contributed by atoms with van der Waals surface area (Å²) in [5.74, 6) is -0.585. The highest BCUT2D eigenvalue weighted by Crippen LogP contribution is 2.29. The van der Waals surface area contributed by atoms with Crippen molar-refractivity contribution in [1.82, 2.24) is 4.98 Å². The average molecular weight is 348 g/mol. The number of halogens is 2. The van der Waals surface area contributed by atoms with Crippen molar-refractivity contribution < 1.29 is 13.9 Å². The standard InChI is InChI=1S/C16H11BrFNO2/c1-21-9-5-6-10(13(18)7-9)16(20)11-8-19-14-4-2-3-12(17)15(11)14/h2-8,19H,1H3. The van der Waals surface area contributed by atoms with E-state index in [9.17, 15) is 9.18 Å². The third-order valence-corrected chi connectivity index (χ3v) is 3.98. The zero-order valence-corrected chi connectivity index (χ0v) is 12.7. The number of aromatic nitrogens is 1. The summed E-state index contributed by atoms with van der Waals surface area (Å²) < 4.78 is 19.8. The number of benzene rings is 2. The van der Waals surface area contributed by atoms with E-state index < -0.39 is 5.82 Å². The molecule has 0 aliphatic carbocycles. The van der Waals surface area contributed by atoms with Gasteiger partial charge in [0.25, 0.3) is 0 Å². The molecule has 3 rings (SSSR count). The van der Waals surface area contributed by atoms with Crippen LogP contribution >= 0.6 is 15.9 Å². The Balaban J connectivity index is 2.13. The zero-order valence-electron chi connectivity index (χ0n) is 11.1. The molecule has 0 saturated heterocycles. The van der Waals surface area contributed by atoms with Crippen LogP contribution in [0.4, 0.5) is 4.39 Å². The molecule has 0 bridgehead atoms. The van der Waals surface area contributed by atoms with E-state index in [4.69, 9.17) is 4.74 Å². The van der Waals surface area contributed by atoms with Crippen molar-refractivity contribution in [3.05, 3.63) is 64.0 Å². The molecule has 0 unspecified atom stereocenters. The third kappa shape index (κ3) is 2.34. The molecule has 2 aromatic carbocycles. The van der Waals surface area contributed by atoms with Crippen molar-refractivity contribution in [2.24, 2.45) is 0 Å². The Morgan fingerprint density at radius 3 is 2.76 bits per heavy atom. The number of hydrogen-bond acceptors (Lipinski definition) is 2. The van der Waals surface area contributed by atoms with Crippen molar-refractivity contribution >= 4 is 32.6 Å². The van der Waals surface area contributed by atoms with Gasteiger partial charge in [0.15, 0.2) is 5.78 Å². The molecule has 0 aliphatic heterocycles. The SMILES string of the molecule is COc1ccc(C(=O)c2c[nH]c3cccc(Br)c23)c(F)c1. The molecule has 0 amide bonds. The molecule has 0 spiro atoms. The van der Waals surface area contributed by atoms with E-state index >= 15 is 0 Å². The van der Waals surface area contributed by atoms with Gasteiger partial charge in [0.1, 0.15) is 11.6 Å². The van der Waals surface area contributed by atoms with Gasteiger partial charge in [-0.1, -0.05) is 22.0 Å². The normalized spacial score (nSPS) is 10.8. The van der Waals surface area contributed by atoms with Gasteiger partial charge in [0.05, 0.1) is 12.7 Å². The van der Waals surface area contributed by atoms with Crippen molar-refractivity contribution in [3.8, 4) is 5.75 Å². The van der Waals surface area contributed by atoms with E-state index in [1.54, 1.807) is 12.3 Å². The van der Waals surface area contributed by atoms with Crippen molar-refractivity contribution in [1.29, 1.82) is 0 Å². The van der Waals surface area contributed by atoms with Gasteiger partial charge in [-0.15, -0.1) is 0 Å². The summed E-state index contributed by atoms with van der Waals surface area (Å²) in [5, 5.41) is 0.748. The van der Waals surface area contributed by atoms with Gasteiger partial charge in [-0.2, -0.15) is 0 Å². The Labute approximate surface area is 128 Å². The molecule has 1 N–H and O–H groups in total. The van der Waals surface area contributed by atoms with Gasteiger partial charge in [0.2, 0.25) is 0 Å². The van der Waals surface area contributed by atoms with Gasteiger partial charge in [0, 0.05) is 33.2 Å². The predicted molar refractivity (Wildman–Crippen MR) is 82.4 cm³/mol. The molecular weight excluding hydrogens is 337 g/mol. The number of nitrogens with one attached hydrogen (secondary N) is 1. The van der Waals surface area contributed by atoms with E-state index in [1.165, 1.54) is 19.2 Å². The van der Waals surface area contributed by atoms with E-state index in [2.05, 4.69) is 20.9 Å². The maximum absolute atomic E-state index is 14.1. The molecule has 0 aliphatic rings. The van der Waals surface area contributed by atoms with E-state index in [0.717, 1.165) is 15.4 Å². The minimum absolute atomic E-state index is 0.0208. The maximum atomic E-state index is 14.1. The molecule has 5 heteroatoms. The van der Waals surface area contributed by atoms with Crippen LogP contribution in [0.3, 0.4) is 0 Å². The molecule has 106 valence electrons. The summed E-state index contributed by atoms with van der Waals surface area (Å²) in [6.07, 6.45) is 1.60. The minimum atomic E-state index is -0.597. The highest BCUT2D eigenvalue weighted by atomic mass is 79.9. The smallest absolute Gasteiger partial charge is 0.198 e. The number of hydrogen-bond donors (Lipinski definition) is 1. The Morgan fingerprint density at radius 2 is 2.05 bits per heavy atom. The molecule has 3 nitrogen and oxygen atoms in total. The lowest BCUT2D eigenvalue weighted by Gasteiger charge is -2.05. The van der Waals surface area contributed by atoms with Crippen LogP contribution in [0.25, 0.3) is 10.9 Å². The Morgan fingerprint density at radius 1 is 1.24 bits per heavy atom. The molecule has 0 atom stereocenters. The molecule has 3 aromatic rings. The van der Waals surface area contributed by atoms with E-state index in [0.29, 0.717) is 11.3 Å². The van der Waals surface area contributed by atoms with Crippen LogP contribution in [-0.4, -0.2) is 17.9 Å². The Kier molecular flexibility index (Phi) is 3.51. The van der Waals surface area contributed by atoms with Gasteiger partial charge in [-0.25, -0.2) is 4.39 Å². The highest BCUT2D eigenvalue weighted by Gasteiger charge is 2.19. The molecular formula is C16H11BrFNO2. The fourth-order valence-corrected chi connectivity index (χ4v) is 2.85. The molecule has 0 fully saturated rings. The van der Waals surface area contributed by atoms with Crippen molar-refractivity contribution in [3.63, 3.8) is 0 Å². The number of aromatic amines is 1. The number of fused-ring (bicyclic) bond motifs is 1. The summed E-state index contributed by atoms with van der Waals surface area (Å²) in [6, 6.07) is 9.78. The molecule has 1 aromatic heterocycles. The Bertz CT molecular complexity index is 841. The number of carbonyl (C=O) groups is 1.